The molecule has 0 unspecified atom stereocenters. The smallest absolute Gasteiger partial charge is 0.401 e. The molecule has 100 valence electrons. The average molecular weight is 256 g/mol. The molecule has 0 saturated carbocycles. The Morgan fingerprint density at radius 2 is 1.82 bits per heavy atom. The summed E-state index contributed by atoms with van der Waals surface area (Å²) in [7, 11) is 0. The van der Waals surface area contributed by atoms with Gasteiger partial charge >= 0.3 is 12.1 Å². The molecule has 0 aromatic heterocycles. The van der Waals surface area contributed by atoms with Gasteiger partial charge in [0, 0.05) is 13.0 Å². The summed E-state index contributed by atoms with van der Waals surface area (Å²) >= 11 is 0. The maximum Gasteiger partial charge on any atom is 0.401 e. The molecule has 17 heavy (non-hydrogen) atoms. The largest absolute Gasteiger partial charge is 0.481 e. The predicted molar refractivity (Wildman–Crippen MR) is 53.4 cm³/mol. The highest BCUT2D eigenvalue weighted by molar-refractivity contribution is 5.77. The van der Waals surface area contributed by atoms with Crippen molar-refractivity contribution < 1.29 is 27.9 Å². The van der Waals surface area contributed by atoms with Gasteiger partial charge in [0.25, 0.3) is 0 Å². The summed E-state index contributed by atoms with van der Waals surface area (Å²) in [5.41, 5.74) is 0. The van der Waals surface area contributed by atoms with Crippen molar-refractivity contribution >= 4 is 11.9 Å². The van der Waals surface area contributed by atoms with Crippen LogP contribution in [-0.2, 0) is 9.59 Å². The van der Waals surface area contributed by atoms with Crippen LogP contribution in [0.3, 0.4) is 0 Å². The first-order valence-corrected chi connectivity index (χ1v) is 5.07. The number of nitrogens with one attached hydrogen (secondary N) is 2. The molecule has 0 bridgehead atoms. The van der Waals surface area contributed by atoms with Crippen LogP contribution in [-0.4, -0.2) is 42.8 Å². The van der Waals surface area contributed by atoms with Gasteiger partial charge in [-0.15, -0.1) is 0 Å². The summed E-state index contributed by atoms with van der Waals surface area (Å²) in [6, 6.07) is 0. The van der Waals surface area contributed by atoms with E-state index in [4.69, 9.17) is 5.11 Å². The minimum absolute atomic E-state index is 0.0161. The van der Waals surface area contributed by atoms with Crippen LogP contribution >= 0.6 is 0 Å². The Kier molecular flexibility index (Phi) is 7.27. The standard InChI is InChI=1S/C9H15F3N2O3/c10-9(11,12)6-13-5-7(15)14-4-2-1-3-8(16)17/h13H,1-6H2,(H,14,15)(H,16,17). The highest BCUT2D eigenvalue weighted by atomic mass is 19.4. The lowest BCUT2D eigenvalue weighted by atomic mass is 10.2. The maximum atomic E-state index is 11.7. The number of hydrogen-bond donors (Lipinski definition) is 3. The van der Waals surface area contributed by atoms with E-state index in [1.54, 1.807) is 0 Å². The van der Waals surface area contributed by atoms with E-state index in [2.05, 4.69) is 5.32 Å². The number of hydrogen-bond acceptors (Lipinski definition) is 3. The zero-order valence-electron chi connectivity index (χ0n) is 9.14. The van der Waals surface area contributed by atoms with Crippen molar-refractivity contribution in [3.05, 3.63) is 0 Å². The number of alkyl halides is 3. The second-order valence-electron chi connectivity index (χ2n) is 3.42. The summed E-state index contributed by atoms with van der Waals surface area (Å²) < 4.78 is 35.1. The molecular formula is C9H15F3N2O3. The number of carboxylic acids is 1. The molecule has 0 aliphatic rings. The second-order valence-corrected chi connectivity index (χ2v) is 3.42. The SMILES string of the molecule is O=C(O)CCCCNC(=O)CNCC(F)(F)F. The molecule has 0 aromatic rings. The number of carboxylic acid groups (broad SMARTS) is 1. The number of halogens is 3. The van der Waals surface area contributed by atoms with Crippen LogP contribution in [0, 0.1) is 0 Å². The van der Waals surface area contributed by atoms with Gasteiger partial charge in [0.15, 0.2) is 0 Å². The fraction of sp³-hybridized carbons (Fsp3) is 0.778. The molecule has 0 aliphatic carbocycles. The van der Waals surface area contributed by atoms with Gasteiger partial charge in [-0.05, 0) is 12.8 Å². The molecule has 0 atom stereocenters. The van der Waals surface area contributed by atoms with E-state index < -0.39 is 31.1 Å². The molecule has 0 fully saturated rings. The molecular weight excluding hydrogens is 241 g/mol. The number of aliphatic carboxylic acids is 1. The molecule has 0 radical (unpaired) electrons. The summed E-state index contributed by atoms with van der Waals surface area (Å²) in [6.07, 6.45) is -3.41. The molecule has 0 aromatic carbocycles. The number of carbonyl (C=O) groups is 2. The molecule has 0 aliphatic heterocycles. The molecule has 5 nitrogen and oxygen atoms in total. The molecule has 3 N–H and O–H groups in total. The van der Waals surface area contributed by atoms with Crippen molar-refractivity contribution in [1.82, 2.24) is 10.6 Å². The van der Waals surface area contributed by atoms with Gasteiger partial charge in [-0.1, -0.05) is 0 Å². The van der Waals surface area contributed by atoms with Gasteiger partial charge < -0.3 is 15.7 Å². The molecule has 0 saturated heterocycles. The van der Waals surface area contributed by atoms with E-state index in [0.29, 0.717) is 12.8 Å². The Hall–Kier alpha value is -1.31. The average Bonchev–Trinajstić information content (AvgIpc) is 2.14. The van der Waals surface area contributed by atoms with E-state index in [9.17, 15) is 22.8 Å². The van der Waals surface area contributed by atoms with Crippen LogP contribution in [0.5, 0.6) is 0 Å². The Bertz CT molecular complexity index is 256. The quantitative estimate of drug-likeness (QED) is 0.553. The molecule has 0 heterocycles. The fourth-order valence-electron chi connectivity index (χ4n) is 1.01. The van der Waals surface area contributed by atoms with Crippen molar-refractivity contribution in [2.24, 2.45) is 0 Å². The van der Waals surface area contributed by atoms with Crippen molar-refractivity contribution in [3.8, 4) is 0 Å². The summed E-state index contributed by atoms with van der Waals surface area (Å²) in [5.74, 6) is -1.45. The van der Waals surface area contributed by atoms with E-state index in [1.165, 1.54) is 0 Å². The third kappa shape index (κ3) is 12.6. The predicted octanol–water partition coefficient (Wildman–Crippen LogP) is 0.509. The van der Waals surface area contributed by atoms with Crippen LogP contribution < -0.4 is 10.6 Å². The van der Waals surface area contributed by atoms with E-state index in [-0.39, 0.29) is 13.0 Å². The van der Waals surface area contributed by atoms with E-state index in [1.807, 2.05) is 5.32 Å². The Labute approximate surface area is 96.4 Å². The minimum atomic E-state index is -4.33. The zero-order chi connectivity index (χ0) is 13.3. The van der Waals surface area contributed by atoms with Gasteiger partial charge in [-0.3, -0.25) is 9.59 Å². The summed E-state index contributed by atoms with van der Waals surface area (Å²) in [5, 5.41) is 12.6. The van der Waals surface area contributed by atoms with Crippen LogP contribution in [0.4, 0.5) is 13.2 Å². The first-order valence-electron chi connectivity index (χ1n) is 5.07. The van der Waals surface area contributed by atoms with Gasteiger partial charge in [-0.2, -0.15) is 13.2 Å². The van der Waals surface area contributed by atoms with E-state index >= 15 is 0 Å². The number of rotatable bonds is 8. The second kappa shape index (κ2) is 7.88. The number of carbonyl (C=O) groups excluding carboxylic acids is 1. The minimum Gasteiger partial charge on any atom is -0.481 e. The van der Waals surface area contributed by atoms with Crippen LogP contribution in [0.1, 0.15) is 19.3 Å². The first kappa shape index (κ1) is 15.7. The molecule has 0 spiro atoms. The maximum absolute atomic E-state index is 11.7. The van der Waals surface area contributed by atoms with Crippen molar-refractivity contribution in [2.45, 2.75) is 25.4 Å². The van der Waals surface area contributed by atoms with Crippen LogP contribution in [0.25, 0.3) is 0 Å². The van der Waals surface area contributed by atoms with Gasteiger partial charge in [0.05, 0.1) is 13.1 Å². The highest BCUT2D eigenvalue weighted by Gasteiger charge is 2.26. The van der Waals surface area contributed by atoms with Crippen LogP contribution in [0.2, 0.25) is 0 Å². The lowest BCUT2D eigenvalue weighted by molar-refractivity contribution is -0.137. The Morgan fingerprint density at radius 1 is 1.18 bits per heavy atom. The normalized spacial score (nSPS) is 11.2. The summed E-state index contributed by atoms with van der Waals surface area (Å²) in [6.45, 7) is -1.35. The van der Waals surface area contributed by atoms with Crippen LogP contribution in [0.15, 0.2) is 0 Å². The topological polar surface area (TPSA) is 78.4 Å². The third-order valence-corrected chi connectivity index (χ3v) is 1.75. The Balaban J connectivity index is 3.38. The molecule has 8 heteroatoms. The van der Waals surface area contributed by atoms with Gasteiger partial charge in [-0.25, -0.2) is 0 Å². The van der Waals surface area contributed by atoms with Crippen molar-refractivity contribution in [3.63, 3.8) is 0 Å². The van der Waals surface area contributed by atoms with Crippen molar-refractivity contribution in [1.29, 1.82) is 0 Å². The third-order valence-electron chi connectivity index (χ3n) is 1.75. The monoisotopic (exact) mass is 256 g/mol. The lowest BCUT2D eigenvalue weighted by Crippen LogP contribution is -2.38. The number of amides is 1. The summed E-state index contributed by atoms with van der Waals surface area (Å²) in [4.78, 5) is 21.1. The van der Waals surface area contributed by atoms with Gasteiger partial charge in [0.1, 0.15) is 0 Å². The van der Waals surface area contributed by atoms with E-state index in [0.717, 1.165) is 0 Å². The zero-order valence-corrected chi connectivity index (χ0v) is 9.14. The van der Waals surface area contributed by atoms with Crippen molar-refractivity contribution in [2.75, 3.05) is 19.6 Å². The fourth-order valence-corrected chi connectivity index (χ4v) is 1.01. The Morgan fingerprint density at radius 3 is 2.35 bits per heavy atom. The highest BCUT2D eigenvalue weighted by Crippen LogP contribution is 2.11. The molecule has 1 amide bonds. The van der Waals surface area contributed by atoms with Gasteiger partial charge in [0.2, 0.25) is 5.91 Å². The lowest BCUT2D eigenvalue weighted by Gasteiger charge is -2.08. The molecule has 0 rings (SSSR count). The first-order chi connectivity index (χ1) is 7.81. The number of unbranched alkanes of at least 4 members (excludes halogenated alkanes) is 1.